The van der Waals surface area contributed by atoms with E-state index in [1.165, 1.54) is 12.1 Å². The van der Waals surface area contributed by atoms with Crippen LogP contribution in [-0.2, 0) is 38.4 Å². The standard InChI is InChI=1S/C35H41N5O6/c1-3-21(2)31(35(45)46)40-34(44)30(19-24-20-37-28-12-8-7-11-26(24)28)39-33(43)29(18-22-9-5-4-6-10-22)38-32(42)27(36)17-23-13-15-25(41)16-14-23/h4-16,20-21,27,29-31,37,41H,3,17-19,36H2,1-2H3,(H,38,42)(H,39,43)(H,40,44)(H,45,46). The normalized spacial score (nSPS) is 14.4. The van der Waals surface area contributed by atoms with Crippen LogP contribution < -0.4 is 21.7 Å². The van der Waals surface area contributed by atoms with Gasteiger partial charge in [0, 0.05) is 29.9 Å². The number of benzene rings is 3. The van der Waals surface area contributed by atoms with Gasteiger partial charge in [-0.15, -0.1) is 0 Å². The number of para-hydroxylation sites is 1. The van der Waals surface area contributed by atoms with Crippen LogP contribution in [0.25, 0.3) is 10.9 Å². The molecule has 242 valence electrons. The van der Waals surface area contributed by atoms with Crippen molar-refractivity contribution < 1.29 is 29.4 Å². The minimum absolute atomic E-state index is 0.0702. The highest BCUT2D eigenvalue weighted by Gasteiger charge is 2.32. The Morgan fingerprint density at radius 2 is 1.35 bits per heavy atom. The van der Waals surface area contributed by atoms with Crippen LogP contribution in [0.3, 0.4) is 0 Å². The summed E-state index contributed by atoms with van der Waals surface area (Å²) in [5, 5.41) is 28.4. The zero-order chi connectivity index (χ0) is 33.2. The Labute approximate surface area is 267 Å². The Bertz CT molecular complexity index is 1640. The van der Waals surface area contributed by atoms with Gasteiger partial charge in [0.2, 0.25) is 17.7 Å². The molecule has 5 unspecified atom stereocenters. The van der Waals surface area contributed by atoms with E-state index < -0.39 is 47.9 Å². The van der Waals surface area contributed by atoms with E-state index in [-0.39, 0.29) is 30.9 Å². The van der Waals surface area contributed by atoms with Crippen LogP contribution in [0.2, 0.25) is 0 Å². The van der Waals surface area contributed by atoms with Crippen LogP contribution >= 0.6 is 0 Å². The number of aromatic amines is 1. The number of aliphatic carboxylic acids is 1. The second kappa shape index (κ2) is 15.7. The van der Waals surface area contributed by atoms with Gasteiger partial charge in [0.25, 0.3) is 0 Å². The number of nitrogens with two attached hydrogens (primary N) is 1. The summed E-state index contributed by atoms with van der Waals surface area (Å²) in [6, 6.07) is 18.6. The zero-order valence-corrected chi connectivity index (χ0v) is 25.9. The maximum absolute atomic E-state index is 13.9. The van der Waals surface area contributed by atoms with E-state index in [1.54, 1.807) is 25.3 Å². The molecule has 0 fully saturated rings. The monoisotopic (exact) mass is 627 g/mol. The van der Waals surface area contributed by atoms with Crippen LogP contribution in [0.1, 0.15) is 37.0 Å². The minimum Gasteiger partial charge on any atom is -0.508 e. The summed E-state index contributed by atoms with van der Waals surface area (Å²) in [7, 11) is 0. The minimum atomic E-state index is -1.17. The van der Waals surface area contributed by atoms with E-state index in [9.17, 15) is 29.4 Å². The van der Waals surface area contributed by atoms with Crippen LogP contribution in [0.4, 0.5) is 0 Å². The summed E-state index contributed by atoms with van der Waals surface area (Å²) in [4.78, 5) is 56.1. The molecule has 11 heteroatoms. The number of amides is 3. The van der Waals surface area contributed by atoms with Crippen molar-refractivity contribution in [2.75, 3.05) is 0 Å². The van der Waals surface area contributed by atoms with Crippen molar-refractivity contribution in [3.8, 4) is 5.75 Å². The second-order valence-electron chi connectivity index (χ2n) is 11.6. The topological polar surface area (TPSA) is 187 Å². The van der Waals surface area contributed by atoms with E-state index in [4.69, 9.17) is 5.73 Å². The maximum Gasteiger partial charge on any atom is 0.326 e. The lowest BCUT2D eigenvalue weighted by Crippen LogP contribution is -2.58. The first-order valence-electron chi connectivity index (χ1n) is 15.3. The van der Waals surface area contributed by atoms with Crippen molar-refractivity contribution in [3.05, 3.63) is 102 Å². The Morgan fingerprint density at radius 3 is 2.02 bits per heavy atom. The first-order valence-corrected chi connectivity index (χ1v) is 15.3. The lowest BCUT2D eigenvalue weighted by molar-refractivity contribution is -0.143. The van der Waals surface area contributed by atoms with Crippen molar-refractivity contribution >= 4 is 34.6 Å². The number of rotatable bonds is 15. The summed E-state index contributed by atoms with van der Waals surface area (Å²) >= 11 is 0. The largest absolute Gasteiger partial charge is 0.508 e. The maximum atomic E-state index is 13.9. The number of phenols is 1. The summed E-state index contributed by atoms with van der Waals surface area (Å²) in [5.74, 6) is -3.27. The van der Waals surface area contributed by atoms with Crippen LogP contribution in [0.15, 0.2) is 85.1 Å². The molecule has 0 radical (unpaired) electrons. The Hall–Kier alpha value is -5.16. The Kier molecular flexibility index (Phi) is 11.5. The quantitative estimate of drug-likeness (QED) is 0.106. The third kappa shape index (κ3) is 8.95. The second-order valence-corrected chi connectivity index (χ2v) is 11.6. The molecule has 3 aromatic carbocycles. The molecule has 0 saturated heterocycles. The molecule has 1 aromatic heterocycles. The molecule has 0 bridgehead atoms. The number of carboxylic acid groups (broad SMARTS) is 1. The highest BCUT2D eigenvalue weighted by molar-refractivity contribution is 5.95. The molecule has 5 atom stereocenters. The molecule has 3 amide bonds. The molecule has 46 heavy (non-hydrogen) atoms. The molecular formula is C35H41N5O6. The van der Waals surface area contributed by atoms with Gasteiger partial charge in [-0.25, -0.2) is 4.79 Å². The lowest BCUT2D eigenvalue weighted by atomic mass is 9.97. The smallest absolute Gasteiger partial charge is 0.326 e. The van der Waals surface area contributed by atoms with Gasteiger partial charge in [-0.1, -0.05) is 80.9 Å². The molecule has 11 nitrogen and oxygen atoms in total. The summed E-state index contributed by atoms with van der Waals surface area (Å²) in [6.45, 7) is 3.57. The number of hydrogen-bond donors (Lipinski definition) is 7. The van der Waals surface area contributed by atoms with E-state index >= 15 is 0 Å². The lowest BCUT2D eigenvalue weighted by Gasteiger charge is -2.26. The molecule has 1 heterocycles. The van der Waals surface area contributed by atoms with E-state index in [0.29, 0.717) is 6.42 Å². The van der Waals surface area contributed by atoms with Crippen LogP contribution in [0, 0.1) is 5.92 Å². The van der Waals surface area contributed by atoms with Crippen molar-refractivity contribution in [1.82, 2.24) is 20.9 Å². The molecule has 0 aliphatic heterocycles. The molecule has 4 aromatic rings. The van der Waals surface area contributed by atoms with Gasteiger partial charge in [0.05, 0.1) is 6.04 Å². The Morgan fingerprint density at radius 1 is 0.761 bits per heavy atom. The number of aromatic hydroxyl groups is 1. The van der Waals surface area contributed by atoms with Gasteiger partial charge in [-0.2, -0.15) is 0 Å². The number of carboxylic acids is 1. The number of hydrogen-bond acceptors (Lipinski definition) is 6. The first-order chi connectivity index (χ1) is 22.0. The summed E-state index contributed by atoms with van der Waals surface area (Å²) in [6.07, 6.45) is 2.64. The van der Waals surface area contributed by atoms with Gasteiger partial charge in [0.15, 0.2) is 0 Å². The number of fused-ring (bicyclic) bond motifs is 1. The van der Waals surface area contributed by atoms with E-state index in [2.05, 4.69) is 20.9 Å². The fourth-order valence-corrected chi connectivity index (χ4v) is 5.26. The molecular weight excluding hydrogens is 586 g/mol. The number of carbonyl (C=O) groups is 4. The highest BCUT2D eigenvalue weighted by atomic mass is 16.4. The Balaban J connectivity index is 1.59. The zero-order valence-electron chi connectivity index (χ0n) is 25.9. The van der Waals surface area contributed by atoms with E-state index in [0.717, 1.165) is 27.6 Å². The van der Waals surface area contributed by atoms with Crippen LogP contribution in [-0.4, -0.2) is 63.1 Å². The molecule has 4 rings (SSSR count). The van der Waals surface area contributed by atoms with Crippen LogP contribution in [0.5, 0.6) is 5.75 Å². The predicted molar refractivity (Wildman–Crippen MR) is 175 cm³/mol. The SMILES string of the molecule is CCC(C)C(NC(=O)C(Cc1c[nH]c2ccccc12)NC(=O)C(Cc1ccccc1)NC(=O)C(N)Cc1ccc(O)cc1)C(=O)O. The fourth-order valence-electron chi connectivity index (χ4n) is 5.26. The van der Waals surface area contributed by atoms with Gasteiger partial charge in [-0.3, -0.25) is 14.4 Å². The third-order valence-electron chi connectivity index (χ3n) is 8.15. The van der Waals surface area contributed by atoms with Crippen molar-refractivity contribution in [2.24, 2.45) is 11.7 Å². The molecule has 8 N–H and O–H groups in total. The fraction of sp³-hybridized carbons (Fsp3) is 0.314. The molecule has 0 aliphatic rings. The van der Waals surface area contributed by atoms with Gasteiger partial charge in [0.1, 0.15) is 23.9 Å². The van der Waals surface area contributed by atoms with Crippen molar-refractivity contribution in [1.29, 1.82) is 0 Å². The van der Waals surface area contributed by atoms with E-state index in [1.807, 2.05) is 61.5 Å². The summed E-state index contributed by atoms with van der Waals surface area (Å²) in [5.41, 5.74) is 9.33. The van der Waals surface area contributed by atoms with Gasteiger partial charge in [-0.05, 0) is 47.2 Å². The summed E-state index contributed by atoms with van der Waals surface area (Å²) < 4.78 is 0. The van der Waals surface area contributed by atoms with Crippen molar-refractivity contribution in [3.63, 3.8) is 0 Å². The number of carbonyl (C=O) groups excluding carboxylic acids is 3. The molecule has 0 saturated carbocycles. The van der Waals surface area contributed by atoms with Gasteiger partial charge < -0.3 is 36.9 Å². The average Bonchev–Trinajstić information content (AvgIpc) is 3.46. The number of aromatic nitrogens is 1. The molecule has 0 spiro atoms. The predicted octanol–water partition coefficient (Wildman–Crippen LogP) is 2.81. The third-order valence-corrected chi connectivity index (χ3v) is 8.15. The number of H-pyrrole nitrogens is 1. The number of phenolic OH excluding ortho intramolecular Hbond substituents is 1. The highest BCUT2D eigenvalue weighted by Crippen LogP contribution is 2.20. The van der Waals surface area contributed by atoms with Crippen molar-refractivity contribution in [2.45, 2.75) is 63.7 Å². The first kappa shape index (κ1) is 33.7. The number of nitrogens with one attached hydrogen (secondary N) is 4. The molecule has 0 aliphatic carbocycles. The average molecular weight is 628 g/mol. The van der Waals surface area contributed by atoms with Gasteiger partial charge >= 0.3 is 5.97 Å².